The molecule has 0 fully saturated rings. The molecule has 0 aliphatic carbocycles. The summed E-state index contributed by atoms with van der Waals surface area (Å²) in [5, 5.41) is 3.55. The fourth-order valence-electron chi connectivity index (χ4n) is 4.52. The van der Waals surface area contributed by atoms with Gasteiger partial charge >= 0.3 is 183 Å². The molecule has 160 valence electrons. The molecule has 0 radical (unpaired) electrons. The molecule has 0 N–H and O–H groups in total. The molecule has 0 spiro atoms. The molecular weight excluding hydrogens is 459 g/mol. The van der Waals surface area contributed by atoms with Crippen molar-refractivity contribution in [3.05, 3.63) is 39.6 Å². The first-order chi connectivity index (χ1) is 13.5. The van der Waals surface area contributed by atoms with E-state index < -0.39 is 26.5 Å². The fraction of sp³-hybridized carbons (Fsp3) is 0.692. The van der Waals surface area contributed by atoms with E-state index in [0.717, 1.165) is 0 Å². The van der Waals surface area contributed by atoms with Crippen LogP contribution < -0.4 is 5.19 Å². The number of allylic oxidation sites excluding steroid dienone is 1. The van der Waals surface area contributed by atoms with Crippen LogP contribution in [0.15, 0.2) is 39.6 Å². The summed E-state index contributed by atoms with van der Waals surface area (Å²) in [4.78, 5) is 0. The van der Waals surface area contributed by atoms with Crippen molar-refractivity contribution in [2.24, 2.45) is 0 Å². The van der Waals surface area contributed by atoms with E-state index in [1.54, 1.807) is 18.5 Å². The first-order valence-electron chi connectivity index (χ1n) is 12.2. The fourth-order valence-corrected chi connectivity index (χ4v) is 27.2. The van der Waals surface area contributed by atoms with E-state index in [9.17, 15) is 0 Å². The van der Waals surface area contributed by atoms with Crippen molar-refractivity contribution in [3.63, 3.8) is 0 Å². The summed E-state index contributed by atoms with van der Waals surface area (Å²) in [5.74, 6) is 0. The Morgan fingerprint density at radius 2 is 1.21 bits per heavy atom. The van der Waals surface area contributed by atoms with Crippen molar-refractivity contribution < 1.29 is 0 Å². The molecule has 0 saturated carbocycles. The Morgan fingerprint density at radius 1 is 0.750 bits per heavy atom. The third-order valence-electron chi connectivity index (χ3n) is 6.66. The van der Waals surface area contributed by atoms with Gasteiger partial charge in [-0.05, 0) is 0 Å². The maximum atomic E-state index is 3.07. The van der Waals surface area contributed by atoms with Crippen molar-refractivity contribution in [2.75, 3.05) is 0 Å². The van der Waals surface area contributed by atoms with E-state index in [2.05, 4.69) is 75.2 Å². The number of unbranched alkanes of at least 4 members (excludes halogenated alkanes) is 4. The van der Waals surface area contributed by atoms with Crippen molar-refractivity contribution in [2.45, 2.75) is 112 Å². The van der Waals surface area contributed by atoms with Crippen LogP contribution in [0.5, 0.6) is 0 Å². The van der Waals surface area contributed by atoms with E-state index in [4.69, 9.17) is 0 Å². The zero-order valence-electron chi connectivity index (χ0n) is 19.9. The third-order valence-corrected chi connectivity index (χ3v) is 25.6. The van der Waals surface area contributed by atoms with Crippen LogP contribution in [0.4, 0.5) is 0 Å². The average Bonchev–Trinajstić information content (AvgIpc) is 2.72. The molecular formula is C26H48SiSn. The van der Waals surface area contributed by atoms with E-state index in [1.165, 1.54) is 57.8 Å². The second kappa shape index (κ2) is 14.1. The van der Waals surface area contributed by atoms with Crippen molar-refractivity contribution >= 4 is 31.6 Å². The molecule has 0 unspecified atom stereocenters. The first kappa shape index (κ1) is 26.0. The second-order valence-corrected chi connectivity index (χ2v) is 26.8. The van der Waals surface area contributed by atoms with Gasteiger partial charge in [-0.1, -0.05) is 0 Å². The predicted octanol–water partition coefficient (Wildman–Crippen LogP) is 8.65. The maximum absolute atomic E-state index is 3.07. The molecule has 0 nitrogen and oxygen atoms in total. The van der Waals surface area contributed by atoms with Gasteiger partial charge in [-0.2, -0.15) is 0 Å². The Bertz CT molecular complexity index is 525. The van der Waals surface area contributed by atoms with Gasteiger partial charge in [-0.25, -0.2) is 0 Å². The number of benzene rings is 1. The van der Waals surface area contributed by atoms with E-state index in [0.29, 0.717) is 0 Å². The summed E-state index contributed by atoms with van der Waals surface area (Å²) in [6.45, 7) is 14.8. The van der Waals surface area contributed by atoms with Crippen LogP contribution in [-0.2, 0) is 0 Å². The standard InChI is InChI=1S/C14H21Si.3C4H9.Sn/c1-5-6-10-13(2)15(3,4)14-11-8-7-9-12-14;3*1-3-4-2;/h2,7-9,11-12H,5-6,10H2,1,3-4H3;3*1,3-4H2,2H3;. The van der Waals surface area contributed by atoms with Gasteiger partial charge < -0.3 is 0 Å². The summed E-state index contributed by atoms with van der Waals surface area (Å²) >= 11 is -2.25. The van der Waals surface area contributed by atoms with Crippen LogP contribution in [0.2, 0.25) is 26.4 Å². The molecule has 0 atom stereocenters. The van der Waals surface area contributed by atoms with Crippen LogP contribution in [0.1, 0.15) is 85.5 Å². The van der Waals surface area contributed by atoms with Crippen molar-refractivity contribution in [1.29, 1.82) is 0 Å². The zero-order chi connectivity index (χ0) is 20.9. The van der Waals surface area contributed by atoms with Gasteiger partial charge in [0.2, 0.25) is 0 Å². The zero-order valence-corrected chi connectivity index (χ0v) is 23.8. The average molecular weight is 507 g/mol. The first-order valence-corrected chi connectivity index (χ1v) is 22.9. The second-order valence-electron chi connectivity index (χ2n) is 9.44. The molecule has 2 heteroatoms. The summed E-state index contributed by atoms with van der Waals surface area (Å²) < 4.78 is 7.87. The summed E-state index contributed by atoms with van der Waals surface area (Å²) in [6.07, 6.45) is 12.5. The van der Waals surface area contributed by atoms with Gasteiger partial charge in [0.15, 0.2) is 0 Å². The van der Waals surface area contributed by atoms with Gasteiger partial charge in [0.05, 0.1) is 0 Å². The van der Waals surface area contributed by atoms with E-state index >= 15 is 0 Å². The summed E-state index contributed by atoms with van der Waals surface area (Å²) in [6, 6.07) is 11.5. The SMILES string of the molecule is CCCC/C(=[CH]/[Sn]([CH2]CCC)([CH2]CCC)[CH2]CCC)[Si](C)(C)c1ccccc1. The normalized spacial score (nSPS) is 13.1. The molecule has 0 aliphatic heterocycles. The minimum atomic E-state index is -2.25. The van der Waals surface area contributed by atoms with Crippen LogP contribution in [0, 0.1) is 0 Å². The van der Waals surface area contributed by atoms with Crippen LogP contribution in [-0.4, -0.2) is 26.5 Å². The van der Waals surface area contributed by atoms with Crippen molar-refractivity contribution in [1.82, 2.24) is 0 Å². The van der Waals surface area contributed by atoms with E-state index in [-0.39, 0.29) is 0 Å². The van der Waals surface area contributed by atoms with Gasteiger partial charge in [0, 0.05) is 0 Å². The summed E-state index contributed by atoms with van der Waals surface area (Å²) in [7, 11) is -1.56. The monoisotopic (exact) mass is 508 g/mol. The molecule has 28 heavy (non-hydrogen) atoms. The van der Waals surface area contributed by atoms with Crippen molar-refractivity contribution in [3.8, 4) is 0 Å². The molecule has 0 aromatic heterocycles. The molecule has 0 aliphatic rings. The molecule has 0 bridgehead atoms. The Morgan fingerprint density at radius 3 is 1.64 bits per heavy atom. The van der Waals surface area contributed by atoms with Crippen LogP contribution in [0.25, 0.3) is 0 Å². The molecule has 1 rings (SSSR count). The molecule has 0 amide bonds. The number of hydrogen-bond donors (Lipinski definition) is 0. The molecule has 0 saturated heterocycles. The molecule has 0 heterocycles. The minimum absolute atomic E-state index is 1.32. The van der Waals surface area contributed by atoms with E-state index in [1.807, 2.05) is 5.20 Å². The Kier molecular flexibility index (Phi) is 13.1. The topological polar surface area (TPSA) is 0 Å². The third kappa shape index (κ3) is 8.38. The number of hydrogen-bond acceptors (Lipinski definition) is 0. The Labute approximate surface area is 182 Å². The van der Waals surface area contributed by atoms with Crippen LogP contribution >= 0.6 is 0 Å². The Balaban J connectivity index is 3.38. The Hall–Kier alpha value is -0.0244. The quantitative estimate of drug-likeness (QED) is 0.209. The summed E-state index contributed by atoms with van der Waals surface area (Å²) in [5.41, 5.74) is 0. The van der Waals surface area contributed by atoms with Gasteiger partial charge in [-0.3, -0.25) is 0 Å². The molecule has 1 aromatic carbocycles. The van der Waals surface area contributed by atoms with Gasteiger partial charge in [-0.15, -0.1) is 0 Å². The molecule has 1 aromatic rings. The van der Waals surface area contributed by atoms with Gasteiger partial charge in [0.1, 0.15) is 0 Å². The predicted molar refractivity (Wildman–Crippen MR) is 136 cm³/mol. The number of rotatable bonds is 15. The van der Waals surface area contributed by atoms with Gasteiger partial charge in [0.25, 0.3) is 0 Å². The van der Waals surface area contributed by atoms with Crippen LogP contribution in [0.3, 0.4) is 0 Å².